The molecule has 1 aliphatic rings. The van der Waals surface area contributed by atoms with Crippen molar-refractivity contribution in [3.8, 4) is 5.88 Å². The highest BCUT2D eigenvalue weighted by Crippen LogP contribution is 2.26. The Kier molecular flexibility index (Phi) is 3.20. The smallest absolute Gasteiger partial charge is 0.364 e. The second-order valence-electron chi connectivity index (χ2n) is 4.91. The van der Waals surface area contributed by atoms with E-state index < -0.39 is 0 Å². The van der Waals surface area contributed by atoms with Gasteiger partial charge in [-0.05, 0) is 37.7 Å². The largest absolute Gasteiger partial charge is 0.473 e. The van der Waals surface area contributed by atoms with Gasteiger partial charge in [0.15, 0.2) is 5.65 Å². The maximum absolute atomic E-state index is 11.4. The van der Waals surface area contributed by atoms with Crippen molar-refractivity contribution in [3.05, 3.63) is 22.6 Å². The van der Waals surface area contributed by atoms with Crippen LogP contribution < -0.4 is 10.4 Å². The summed E-state index contributed by atoms with van der Waals surface area (Å²) >= 11 is 0. The third kappa shape index (κ3) is 2.46. The Morgan fingerprint density at radius 1 is 1.37 bits per heavy atom. The molecule has 7 nitrogen and oxygen atoms in total. The molecule has 0 amide bonds. The van der Waals surface area contributed by atoms with Gasteiger partial charge in [-0.1, -0.05) is 0 Å². The van der Waals surface area contributed by atoms with E-state index in [0.29, 0.717) is 17.4 Å². The summed E-state index contributed by atoms with van der Waals surface area (Å²) in [6.07, 6.45) is 3.86. The topological polar surface area (TPSA) is 92.5 Å². The van der Waals surface area contributed by atoms with Crippen molar-refractivity contribution in [3.63, 3.8) is 0 Å². The molecule has 2 aromatic heterocycles. The molecule has 0 aromatic carbocycles. The number of H-pyrrole nitrogens is 1. The highest BCUT2D eigenvalue weighted by Gasteiger charge is 2.22. The molecule has 0 bridgehead atoms. The molecule has 0 aliphatic heterocycles. The summed E-state index contributed by atoms with van der Waals surface area (Å²) in [6, 6.07) is 3.41. The summed E-state index contributed by atoms with van der Waals surface area (Å²) in [7, 11) is 0. The maximum Gasteiger partial charge on any atom is 0.364 e. The molecule has 0 radical (unpaired) electrons. The van der Waals surface area contributed by atoms with Crippen molar-refractivity contribution in [1.29, 1.82) is 0 Å². The van der Waals surface area contributed by atoms with Gasteiger partial charge in [0.05, 0.1) is 0 Å². The average Bonchev–Trinajstić information content (AvgIpc) is 2.81. The van der Waals surface area contributed by atoms with E-state index in [0.717, 1.165) is 25.7 Å². The van der Waals surface area contributed by atoms with E-state index in [2.05, 4.69) is 15.3 Å². The standard InChI is InChI=1S/C12H16N4O3/c17-7-8-1-3-9(4-2-8)19-11-6-5-10-13-14-12(18)16(10)15-11/h5-6,8-9,17H,1-4,7H2,(H,14,18). The summed E-state index contributed by atoms with van der Waals surface area (Å²) in [5, 5.41) is 19.3. The van der Waals surface area contributed by atoms with Crippen LogP contribution in [-0.4, -0.2) is 37.6 Å². The lowest BCUT2D eigenvalue weighted by molar-refractivity contribution is 0.0994. The molecule has 1 saturated carbocycles. The minimum atomic E-state index is -0.371. The van der Waals surface area contributed by atoms with Crippen LogP contribution in [0.15, 0.2) is 16.9 Å². The first-order chi connectivity index (χ1) is 9.26. The molecule has 0 atom stereocenters. The van der Waals surface area contributed by atoms with Gasteiger partial charge in [0.25, 0.3) is 0 Å². The van der Waals surface area contributed by atoms with Gasteiger partial charge in [-0.2, -0.15) is 9.61 Å². The quantitative estimate of drug-likeness (QED) is 0.834. The number of rotatable bonds is 3. The lowest BCUT2D eigenvalue weighted by atomic mass is 9.88. The van der Waals surface area contributed by atoms with Crippen molar-refractivity contribution in [2.24, 2.45) is 5.92 Å². The molecule has 7 heteroatoms. The molecule has 19 heavy (non-hydrogen) atoms. The fourth-order valence-electron chi connectivity index (χ4n) is 2.45. The molecule has 0 unspecified atom stereocenters. The van der Waals surface area contributed by atoms with Crippen LogP contribution in [0.3, 0.4) is 0 Å². The number of aliphatic hydroxyl groups excluding tert-OH is 1. The van der Waals surface area contributed by atoms with Gasteiger partial charge in [0, 0.05) is 12.7 Å². The van der Waals surface area contributed by atoms with E-state index in [-0.39, 0.29) is 18.4 Å². The SMILES string of the molecule is O=c1[nH]nc2ccc(OC3CCC(CO)CC3)nn12. The number of nitrogens with one attached hydrogen (secondary N) is 1. The first-order valence-corrected chi connectivity index (χ1v) is 6.48. The zero-order valence-electron chi connectivity index (χ0n) is 10.5. The number of aromatic amines is 1. The predicted molar refractivity (Wildman–Crippen MR) is 67.1 cm³/mol. The second-order valence-corrected chi connectivity index (χ2v) is 4.91. The Balaban J connectivity index is 1.71. The van der Waals surface area contributed by atoms with E-state index in [4.69, 9.17) is 9.84 Å². The number of nitrogens with zero attached hydrogens (tertiary/aromatic N) is 3. The lowest BCUT2D eigenvalue weighted by Gasteiger charge is -2.27. The summed E-state index contributed by atoms with van der Waals surface area (Å²) < 4.78 is 6.98. The number of ether oxygens (including phenoxy) is 1. The van der Waals surface area contributed by atoms with Crippen LogP contribution in [0.4, 0.5) is 0 Å². The molecule has 0 spiro atoms. The fraction of sp³-hybridized carbons (Fsp3) is 0.583. The fourth-order valence-corrected chi connectivity index (χ4v) is 2.45. The van der Waals surface area contributed by atoms with E-state index in [1.165, 1.54) is 4.52 Å². The van der Waals surface area contributed by atoms with Gasteiger partial charge in [0.1, 0.15) is 6.10 Å². The molecule has 2 N–H and O–H groups in total. The third-order valence-electron chi connectivity index (χ3n) is 3.59. The number of aliphatic hydroxyl groups is 1. The van der Waals surface area contributed by atoms with Gasteiger partial charge in [0.2, 0.25) is 5.88 Å². The second kappa shape index (κ2) is 5.00. The molecule has 102 valence electrons. The van der Waals surface area contributed by atoms with Crippen molar-refractivity contribution in [2.45, 2.75) is 31.8 Å². The monoisotopic (exact) mass is 264 g/mol. The minimum absolute atomic E-state index is 0.107. The minimum Gasteiger partial charge on any atom is -0.473 e. The van der Waals surface area contributed by atoms with Crippen LogP contribution >= 0.6 is 0 Å². The summed E-state index contributed by atoms with van der Waals surface area (Å²) in [4.78, 5) is 11.4. The molecule has 1 fully saturated rings. The summed E-state index contributed by atoms with van der Waals surface area (Å²) in [6.45, 7) is 0.251. The number of hydrogen-bond donors (Lipinski definition) is 2. The van der Waals surface area contributed by atoms with Gasteiger partial charge in [-0.3, -0.25) is 0 Å². The molecule has 2 heterocycles. The van der Waals surface area contributed by atoms with Crippen LogP contribution in [0, 0.1) is 5.92 Å². The molecule has 1 aliphatic carbocycles. The first-order valence-electron chi connectivity index (χ1n) is 6.48. The van der Waals surface area contributed by atoms with Crippen LogP contribution in [0.1, 0.15) is 25.7 Å². The van der Waals surface area contributed by atoms with Crippen molar-refractivity contribution in [1.82, 2.24) is 19.8 Å². The van der Waals surface area contributed by atoms with E-state index >= 15 is 0 Å². The van der Waals surface area contributed by atoms with Crippen LogP contribution in [0.2, 0.25) is 0 Å². The van der Waals surface area contributed by atoms with Crippen molar-refractivity contribution < 1.29 is 9.84 Å². The van der Waals surface area contributed by atoms with Crippen molar-refractivity contribution >= 4 is 5.65 Å². The van der Waals surface area contributed by atoms with Gasteiger partial charge in [-0.15, -0.1) is 5.10 Å². The Morgan fingerprint density at radius 3 is 2.89 bits per heavy atom. The number of aromatic nitrogens is 4. The molecule has 0 saturated heterocycles. The van der Waals surface area contributed by atoms with Crippen LogP contribution in [0.25, 0.3) is 5.65 Å². The summed E-state index contributed by atoms with van der Waals surface area (Å²) in [5.41, 5.74) is 0.103. The Bertz CT molecular complexity index is 613. The Labute approximate surface area is 109 Å². The average molecular weight is 264 g/mol. The lowest BCUT2D eigenvalue weighted by Crippen LogP contribution is -2.26. The van der Waals surface area contributed by atoms with Gasteiger partial charge < -0.3 is 9.84 Å². The number of hydrogen-bond acceptors (Lipinski definition) is 5. The zero-order chi connectivity index (χ0) is 13.2. The van der Waals surface area contributed by atoms with E-state index in [9.17, 15) is 4.79 Å². The highest BCUT2D eigenvalue weighted by atomic mass is 16.5. The van der Waals surface area contributed by atoms with Crippen LogP contribution in [-0.2, 0) is 0 Å². The summed E-state index contributed by atoms with van der Waals surface area (Å²) in [5.74, 6) is 0.829. The first kappa shape index (κ1) is 12.2. The van der Waals surface area contributed by atoms with Gasteiger partial charge in [-0.25, -0.2) is 9.89 Å². The molecular formula is C12H16N4O3. The number of fused-ring (bicyclic) bond motifs is 1. The Hall–Kier alpha value is -1.89. The third-order valence-corrected chi connectivity index (χ3v) is 3.59. The molecular weight excluding hydrogens is 248 g/mol. The van der Waals surface area contributed by atoms with Crippen molar-refractivity contribution in [2.75, 3.05) is 6.61 Å². The highest BCUT2D eigenvalue weighted by molar-refractivity contribution is 5.35. The Morgan fingerprint density at radius 2 is 2.16 bits per heavy atom. The zero-order valence-corrected chi connectivity index (χ0v) is 10.5. The molecule has 2 aromatic rings. The van der Waals surface area contributed by atoms with Gasteiger partial charge >= 0.3 is 5.69 Å². The molecule has 3 rings (SSSR count). The normalized spacial score (nSPS) is 23.6. The predicted octanol–water partition coefficient (Wildman–Crippen LogP) is 0.347. The maximum atomic E-state index is 11.4. The van der Waals surface area contributed by atoms with E-state index in [1.54, 1.807) is 12.1 Å². The van der Waals surface area contributed by atoms with E-state index in [1.807, 2.05) is 0 Å². The van der Waals surface area contributed by atoms with Crippen LogP contribution in [0.5, 0.6) is 5.88 Å².